The van der Waals surface area contributed by atoms with E-state index in [2.05, 4.69) is 6.92 Å². The van der Waals surface area contributed by atoms with Crippen LogP contribution < -0.4 is 0 Å². The van der Waals surface area contributed by atoms with E-state index in [0.29, 0.717) is 0 Å². The summed E-state index contributed by atoms with van der Waals surface area (Å²) in [6.07, 6.45) is -0.339. The number of benzene rings is 2. The molecule has 2 aromatic rings. The fourth-order valence-corrected chi connectivity index (χ4v) is 2.67. The summed E-state index contributed by atoms with van der Waals surface area (Å²) in [4.78, 5) is 0. The van der Waals surface area contributed by atoms with Crippen molar-refractivity contribution in [3.05, 3.63) is 70.3 Å². The SMILES string of the molecule is CCc1ccc2c(c1)[C@@H](O)c1ccccc1[C@@H]2O. The molecule has 2 aromatic carbocycles. The zero-order valence-corrected chi connectivity index (χ0v) is 10.3. The molecule has 0 saturated heterocycles. The van der Waals surface area contributed by atoms with E-state index in [1.54, 1.807) is 0 Å². The highest BCUT2D eigenvalue weighted by molar-refractivity contribution is 5.50. The van der Waals surface area contributed by atoms with Gasteiger partial charge in [-0.05, 0) is 34.2 Å². The number of hydrogen-bond acceptors (Lipinski definition) is 2. The highest BCUT2D eigenvalue weighted by Gasteiger charge is 2.29. The van der Waals surface area contributed by atoms with Crippen molar-refractivity contribution in [2.24, 2.45) is 0 Å². The van der Waals surface area contributed by atoms with E-state index in [-0.39, 0.29) is 0 Å². The van der Waals surface area contributed by atoms with Gasteiger partial charge in [0.2, 0.25) is 0 Å². The van der Waals surface area contributed by atoms with E-state index in [1.165, 1.54) is 5.56 Å². The van der Waals surface area contributed by atoms with Gasteiger partial charge in [-0.3, -0.25) is 0 Å². The monoisotopic (exact) mass is 240 g/mol. The molecular weight excluding hydrogens is 224 g/mol. The van der Waals surface area contributed by atoms with Gasteiger partial charge in [0.05, 0.1) is 0 Å². The van der Waals surface area contributed by atoms with E-state index in [0.717, 1.165) is 28.7 Å². The van der Waals surface area contributed by atoms with Crippen LogP contribution in [0.1, 0.15) is 46.9 Å². The Bertz CT molecular complexity index is 589. The van der Waals surface area contributed by atoms with Crippen LogP contribution in [-0.4, -0.2) is 10.2 Å². The molecule has 0 unspecified atom stereocenters. The largest absolute Gasteiger partial charge is 0.384 e. The van der Waals surface area contributed by atoms with Gasteiger partial charge in [-0.25, -0.2) is 0 Å². The number of rotatable bonds is 1. The molecule has 3 rings (SSSR count). The van der Waals surface area contributed by atoms with E-state index >= 15 is 0 Å². The van der Waals surface area contributed by atoms with Crippen LogP contribution in [0.2, 0.25) is 0 Å². The number of aliphatic hydroxyl groups is 2. The Morgan fingerprint density at radius 1 is 0.833 bits per heavy atom. The number of hydrogen-bond donors (Lipinski definition) is 2. The van der Waals surface area contributed by atoms with Gasteiger partial charge in [-0.2, -0.15) is 0 Å². The summed E-state index contributed by atoms with van der Waals surface area (Å²) >= 11 is 0. The summed E-state index contributed by atoms with van der Waals surface area (Å²) in [6, 6.07) is 13.5. The molecule has 1 aliphatic carbocycles. The first-order valence-corrected chi connectivity index (χ1v) is 6.30. The molecule has 2 atom stereocenters. The molecule has 2 nitrogen and oxygen atoms in total. The molecule has 0 aliphatic heterocycles. The number of fused-ring (bicyclic) bond motifs is 2. The van der Waals surface area contributed by atoms with Gasteiger partial charge in [0.25, 0.3) is 0 Å². The molecular formula is C16H16O2. The lowest BCUT2D eigenvalue weighted by Gasteiger charge is -2.29. The third-order valence-corrected chi connectivity index (χ3v) is 3.73. The van der Waals surface area contributed by atoms with Gasteiger partial charge in [0.1, 0.15) is 12.2 Å². The van der Waals surface area contributed by atoms with Crippen LogP contribution in [0.25, 0.3) is 0 Å². The Kier molecular flexibility index (Phi) is 2.69. The van der Waals surface area contributed by atoms with Crippen LogP contribution in [0, 0.1) is 0 Å². The fourth-order valence-electron chi connectivity index (χ4n) is 2.67. The smallest absolute Gasteiger partial charge is 0.105 e. The minimum atomic E-state index is -0.634. The van der Waals surface area contributed by atoms with Gasteiger partial charge >= 0.3 is 0 Å². The third-order valence-electron chi connectivity index (χ3n) is 3.73. The van der Waals surface area contributed by atoms with Crippen molar-refractivity contribution in [3.63, 3.8) is 0 Å². The summed E-state index contributed by atoms with van der Waals surface area (Å²) in [7, 11) is 0. The van der Waals surface area contributed by atoms with E-state index in [4.69, 9.17) is 0 Å². The summed E-state index contributed by atoms with van der Waals surface area (Å²) in [5, 5.41) is 20.8. The minimum Gasteiger partial charge on any atom is -0.384 e. The topological polar surface area (TPSA) is 40.5 Å². The molecule has 0 fully saturated rings. The second-order valence-electron chi connectivity index (χ2n) is 4.75. The van der Waals surface area contributed by atoms with Crippen LogP contribution in [0.15, 0.2) is 42.5 Å². The first-order chi connectivity index (χ1) is 8.72. The summed E-state index contributed by atoms with van der Waals surface area (Å²) < 4.78 is 0. The summed E-state index contributed by atoms with van der Waals surface area (Å²) in [5.74, 6) is 0. The third kappa shape index (κ3) is 1.57. The van der Waals surface area contributed by atoms with Crippen LogP contribution in [0.3, 0.4) is 0 Å². The standard InChI is InChI=1S/C16H16O2/c1-2-10-7-8-13-14(9-10)16(18)12-6-4-3-5-11(12)15(13)17/h3-9,15-18H,2H2,1H3/t15-,16-/m0/s1. The van der Waals surface area contributed by atoms with Crippen molar-refractivity contribution < 1.29 is 10.2 Å². The van der Waals surface area contributed by atoms with Crippen LogP contribution in [-0.2, 0) is 6.42 Å². The minimum absolute atomic E-state index is 0.633. The van der Waals surface area contributed by atoms with E-state index in [9.17, 15) is 10.2 Å². The maximum absolute atomic E-state index is 10.4. The lowest BCUT2D eigenvalue weighted by Crippen LogP contribution is -2.18. The molecule has 2 heteroatoms. The molecule has 0 radical (unpaired) electrons. The number of aliphatic hydroxyl groups excluding tert-OH is 2. The van der Waals surface area contributed by atoms with Crippen molar-refractivity contribution in [1.82, 2.24) is 0 Å². The molecule has 0 heterocycles. The zero-order chi connectivity index (χ0) is 12.7. The first kappa shape index (κ1) is 11.5. The predicted octanol–water partition coefficient (Wildman–Crippen LogP) is 2.73. The lowest BCUT2D eigenvalue weighted by molar-refractivity contribution is 0.173. The maximum Gasteiger partial charge on any atom is 0.105 e. The molecule has 2 N–H and O–H groups in total. The Morgan fingerprint density at radius 3 is 2.00 bits per heavy atom. The van der Waals surface area contributed by atoms with E-state index < -0.39 is 12.2 Å². The molecule has 0 aromatic heterocycles. The average Bonchev–Trinajstić information content (AvgIpc) is 2.44. The van der Waals surface area contributed by atoms with Gasteiger partial charge < -0.3 is 10.2 Å². The molecule has 0 amide bonds. The van der Waals surface area contributed by atoms with Gasteiger partial charge in [0, 0.05) is 0 Å². The quantitative estimate of drug-likeness (QED) is 0.804. The second kappa shape index (κ2) is 4.23. The summed E-state index contributed by atoms with van der Waals surface area (Å²) in [6.45, 7) is 2.08. The molecule has 0 spiro atoms. The van der Waals surface area contributed by atoms with E-state index in [1.807, 2.05) is 42.5 Å². The maximum atomic E-state index is 10.4. The Hall–Kier alpha value is -1.64. The van der Waals surface area contributed by atoms with Crippen molar-refractivity contribution in [2.75, 3.05) is 0 Å². The highest BCUT2D eigenvalue weighted by Crippen LogP contribution is 2.40. The van der Waals surface area contributed by atoms with Crippen molar-refractivity contribution in [3.8, 4) is 0 Å². The second-order valence-corrected chi connectivity index (χ2v) is 4.75. The first-order valence-electron chi connectivity index (χ1n) is 6.30. The van der Waals surface area contributed by atoms with Crippen molar-refractivity contribution >= 4 is 0 Å². The zero-order valence-electron chi connectivity index (χ0n) is 10.3. The van der Waals surface area contributed by atoms with Crippen molar-refractivity contribution in [2.45, 2.75) is 25.6 Å². The molecule has 18 heavy (non-hydrogen) atoms. The Balaban J connectivity index is 2.20. The Morgan fingerprint density at radius 2 is 1.39 bits per heavy atom. The van der Waals surface area contributed by atoms with Gasteiger partial charge in [0.15, 0.2) is 0 Å². The average molecular weight is 240 g/mol. The molecule has 0 saturated carbocycles. The van der Waals surface area contributed by atoms with Crippen LogP contribution in [0.5, 0.6) is 0 Å². The summed E-state index contributed by atoms with van der Waals surface area (Å²) in [5.41, 5.74) is 4.45. The van der Waals surface area contributed by atoms with Gasteiger partial charge in [-0.15, -0.1) is 0 Å². The molecule has 0 bridgehead atoms. The fraction of sp³-hybridized carbons (Fsp3) is 0.250. The normalized spacial score (nSPS) is 21.3. The lowest BCUT2D eigenvalue weighted by atomic mass is 9.81. The predicted molar refractivity (Wildman–Crippen MR) is 70.4 cm³/mol. The van der Waals surface area contributed by atoms with Crippen molar-refractivity contribution in [1.29, 1.82) is 0 Å². The highest BCUT2D eigenvalue weighted by atomic mass is 16.3. The number of aryl methyl sites for hydroxylation is 1. The van der Waals surface area contributed by atoms with Gasteiger partial charge in [-0.1, -0.05) is 49.4 Å². The molecule has 1 aliphatic rings. The van der Waals surface area contributed by atoms with Crippen LogP contribution in [0.4, 0.5) is 0 Å². The molecule has 92 valence electrons. The Labute approximate surface area is 107 Å². The van der Waals surface area contributed by atoms with Crippen LogP contribution >= 0.6 is 0 Å².